The van der Waals surface area contributed by atoms with E-state index in [1.54, 1.807) is 24.3 Å². The van der Waals surface area contributed by atoms with Gasteiger partial charge in [0, 0.05) is 31.5 Å². The van der Waals surface area contributed by atoms with Crippen molar-refractivity contribution in [2.24, 2.45) is 0 Å². The molecule has 1 fully saturated rings. The first-order chi connectivity index (χ1) is 12.5. The van der Waals surface area contributed by atoms with Crippen molar-refractivity contribution >= 4 is 34.8 Å². The van der Waals surface area contributed by atoms with Crippen LogP contribution in [0, 0.1) is 0 Å². The molecular weight excluding hydrogens is 350 g/mol. The van der Waals surface area contributed by atoms with E-state index < -0.39 is 5.38 Å². The quantitative estimate of drug-likeness (QED) is 0.763. The van der Waals surface area contributed by atoms with Gasteiger partial charge >= 0.3 is 0 Å². The first-order valence-corrected chi connectivity index (χ1v) is 9.01. The maximum atomic E-state index is 12.5. The Morgan fingerprint density at radius 2 is 1.81 bits per heavy atom. The van der Waals surface area contributed by atoms with Crippen molar-refractivity contribution in [2.45, 2.75) is 24.3 Å². The Morgan fingerprint density at radius 1 is 1.12 bits per heavy atom. The van der Waals surface area contributed by atoms with Crippen LogP contribution < -0.4 is 15.5 Å². The van der Waals surface area contributed by atoms with Crippen LogP contribution in [0.1, 0.15) is 34.1 Å². The molecule has 1 saturated carbocycles. The van der Waals surface area contributed by atoms with Gasteiger partial charge in [-0.2, -0.15) is 0 Å². The molecule has 2 aromatic rings. The number of nitrogens with zero attached hydrogens (tertiary/aromatic N) is 1. The van der Waals surface area contributed by atoms with Gasteiger partial charge in [0.2, 0.25) is 5.91 Å². The minimum atomic E-state index is -0.798. The molecule has 6 heteroatoms. The molecule has 0 radical (unpaired) electrons. The standard InChI is InChI=1S/C20H22ClN3O2/c1-24(2)17-11-10-15(12-16(17)19(25)22-14-8-9-14)23-20(26)18(21)13-6-4-3-5-7-13/h3-7,10-12,14,18H,8-9H2,1-2H3,(H,22,25)(H,23,26). The second kappa shape index (κ2) is 7.79. The molecule has 1 unspecified atom stereocenters. The lowest BCUT2D eigenvalue weighted by molar-refractivity contribution is -0.116. The maximum Gasteiger partial charge on any atom is 0.253 e. The summed E-state index contributed by atoms with van der Waals surface area (Å²) in [5.74, 6) is -0.457. The SMILES string of the molecule is CN(C)c1ccc(NC(=O)C(Cl)c2ccccc2)cc1C(=O)NC1CC1. The molecule has 3 rings (SSSR count). The third-order valence-corrected chi connectivity index (χ3v) is 4.68. The van der Waals surface area contributed by atoms with Crippen molar-refractivity contribution in [3.8, 4) is 0 Å². The smallest absolute Gasteiger partial charge is 0.253 e. The van der Waals surface area contributed by atoms with Gasteiger partial charge in [-0.05, 0) is 36.6 Å². The van der Waals surface area contributed by atoms with Crippen molar-refractivity contribution in [2.75, 3.05) is 24.3 Å². The number of amides is 2. The first kappa shape index (κ1) is 18.3. The van der Waals surface area contributed by atoms with E-state index in [-0.39, 0.29) is 17.9 Å². The number of alkyl halides is 1. The number of carbonyl (C=O) groups excluding carboxylic acids is 2. The van der Waals surface area contributed by atoms with Crippen LogP contribution in [0.2, 0.25) is 0 Å². The van der Waals surface area contributed by atoms with Crippen LogP contribution in [-0.4, -0.2) is 32.0 Å². The number of hydrogen-bond acceptors (Lipinski definition) is 3. The van der Waals surface area contributed by atoms with E-state index >= 15 is 0 Å². The molecule has 2 aromatic carbocycles. The summed E-state index contributed by atoms with van der Waals surface area (Å²) < 4.78 is 0. The second-order valence-electron chi connectivity index (χ2n) is 6.64. The lowest BCUT2D eigenvalue weighted by Crippen LogP contribution is -2.27. The van der Waals surface area contributed by atoms with E-state index in [2.05, 4.69) is 10.6 Å². The molecule has 0 aliphatic heterocycles. The molecule has 26 heavy (non-hydrogen) atoms. The summed E-state index contributed by atoms with van der Waals surface area (Å²) in [6.45, 7) is 0. The van der Waals surface area contributed by atoms with Crippen molar-refractivity contribution in [1.29, 1.82) is 0 Å². The molecule has 1 atom stereocenters. The van der Waals surface area contributed by atoms with Gasteiger partial charge in [0.25, 0.3) is 5.91 Å². The van der Waals surface area contributed by atoms with Gasteiger partial charge in [0.15, 0.2) is 0 Å². The van der Waals surface area contributed by atoms with Gasteiger partial charge in [0.05, 0.1) is 5.56 Å². The number of hydrogen-bond donors (Lipinski definition) is 2. The highest BCUT2D eigenvalue weighted by molar-refractivity contribution is 6.32. The Kier molecular flexibility index (Phi) is 5.47. The third-order valence-electron chi connectivity index (χ3n) is 4.23. The van der Waals surface area contributed by atoms with Gasteiger partial charge in [-0.25, -0.2) is 0 Å². The van der Waals surface area contributed by atoms with Crippen LogP contribution in [0.3, 0.4) is 0 Å². The molecule has 0 heterocycles. The van der Waals surface area contributed by atoms with Crippen molar-refractivity contribution < 1.29 is 9.59 Å². The minimum Gasteiger partial charge on any atom is -0.377 e. The normalized spacial score (nSPS) is 14.4. The lowest BCUT2D eigenvalue weighted by atomic mass is 10.1. The van der Waals surface area contributed by atoms with Crippen molar-refractivity contribution in [3.05, 3.63) is 59.7 Å². The van der Waals surface area contributed by atoms with Crippen LogP contribution in [-0.2, 0) is 4.79 Å². The highest BCUT2D eigenvalue weighted by Gasteiger charge is 2.26. The highest BCUT2D eigenvalue weighted by Crippen LogP contribution is 2.27. The zero-order chi connectivity index (χ0) is 18.7. The molecule has 5 nitrogen and oxygen atoms in total. The largest absolute Gasteiger partial charge is 0.377 e. The number of rotatable bonds is 6. The summed E-state index contributed by atoms with van der Waals surface area (Å²) in [6.07, 6.45) is 2.04. The summed E-state index contributed by atoms with van der Waals surface area (Å²) in [5, 5.41) is 4.99. The van der Waals surface area contributed by atoms with Gasteiger partial charge in [-0.3, -0.25) is 9.59 Å². The van der Waals surface area contributed by atoms with Gasteiger partial charge in [-0.1, -0.05) is 30.3 Å². The molecule has 136 valence electrons. The Hall–Kier alpha value is -2.53. The van der Waals surface area contributed by atoms with E-state index in [0.29, 0.717) is 11.3 Å². The topological polar surface area (TPSA) is 61.4 Å². The van der Waals surface area contributed by atoms with Gasteiger partial charge < -0.3 is 15.5 Å². The van der Waals surface area contributed by atoms with Crippen LogP contribution >= 0.6 is 11.6 Å². The average Bonchev–Trinajstić information content (AvgIpc) is 3.45. The number of carbonyl (C=O) groups is 2. The number of halogens is 1. The molecule has 1 aliphatic carbocycles. The van der Waals surface area contributed by atoms with Crippen molar-refractivity contribution in [1.82, 2.24) is 5.32 Å². The maximum absolute atomic E-state index is 12.5. The fraction of sp³-hybridized carbons (Fsp3) is 0.300. The van der Waals surface area contributed by atoms with E-state index in [9.17, 15) is 9.59 Å². The van der Waals surface area contributed by atoms with Crippen LogP contribution in [0.5, 0.6) is 0 Å². The van der Waals surface area contributed by atoms with Crippen LogP contribution in [0.25, 0.3) is 0 Å². The van der Waals surface area contributed by atoms with E-state index in [0.717, 1.165) is 24.1 Å². The monoisotopic (exact) mass is 371 g/mol. The molecule has 0 bridgehead atoms. The van der Waals surface area contributed by atoms with Crippen molar-refractivity contribution in [3.63, 3.8) is 0 Å². The fourth-order valence-corrected chi connectivity index (χ4v) is 2.86. The van der Waals surface area contributed by atoms with Crippen LogP contribution in [0.4, 0.5) is 11.4 Å². The predicted octanol–water partition coefficient (Wildman–Crippen LogP) is 3.56. The van der Waals surface area contributed by atoms with E-state index in [1.165, 1.54) is 0 Å². The molecule has 0 aromatic heterocycles. The Bertz CT molecular complexity index is 804. The molecular formula is C20H22ClN3O2. The molecule has 2 amide bonds. The number of benzene rings is 2. The minimum absolute atomic E-state index is 0.127. The summed E-state index contributed by atoms with van der Waals surface area (Å²) in [6, 6.07) is 14.7. The van der Waals surface area contributed by atoms with Gasteiger partial charge in [-0.15, -0.1) is 11.6 Å². The first-order valence-electron chi connectivity index (χ1n) is 8.58. The van der Waals surface area contributed by atoms with E-state index in [4.69, 9.17) is 11.6 Å². The van der Waals surface area contributed by atoms with Gasteiger partial charge in [0.1, 0.15) is 5.38 Å². The van der Waals surface area contributed by atoms with E-state index in [1.807, 2.05) is 43.3 Å². The predicted molar refractivity (Wildman–Crippen MR) is 105 cm³/mol. The Labute approximate surface area is 158 Å². The molecule has 1 aliphatic rings. The summed E-state index contributed by atoms with van der Waals surface area (Å²) in [5.41, 5.74) is 2.60. The number of nitrogens with one attached hydrogen (secondary N) is 2. The third kappa shape index (κ3) is 4.35. The average molecular weight is 372 g/mol. The highest BCUT2D eigenvalue weighted by atomic mass is 35.5. The Balaban J connectivity index is 1.79. The molecule has 0 saturated heterocycles. The summed E-state index contributed by atoms with van der Waals surface area (Å²) >= 11 is 6.27. The lowest BCUT2D eigenvalue weighted by Gasteiger charge is -2.19. The number of anilines is 2. The zero-order valence-corrected chi connectivity index (χ0v) is 15.6. The summed E-state index contributed by atoms with van der Waals surface area (Å²) in [7, 11) is 3.76. The van der Waals surface area contributed by atoms with Crippen LogP contribution in [0.15, 0.2) is 48.5 Å². The second-order valence-corrected chi connectivity index (χ2v) is 7.07. The Morgan fingerprint density at radius 3 is 2.42 bits per heavy atom. The summed E-state index contributed by atoms with van der Waals surface area (Å²) in [4.78, 5) is 26.9. The molecule has 0 spiro atoms. The fourth-order valence-electron chi connectivity index (χ4n) is 2.66. The zero-order valence-electron chi connectivity index (χ0n) is 14.8. The molecule has 2 N–H and O–H groups in total.